The van der Waals surface area contributed by atoms with Gasteiger partial charge in [0.15, 0.2) is 9.84 Å². The van der Waals surface area contributed by atoms with E-state index in [-0.39, 0.29) is 11.5 Å². The zero-order chi connectivity index (χ0) is 13.1. The second kappa shape index (κ2) is 5.65. The highest BCUT2D eigenvalue weighted by molar-refractivity contribution is 7.91. The molecule has 0 amide bonds. The summed E-state index contributed by atoms with van der Waals surface area (Å²) in [6, 6.07) is 5.50. The van der Waals surface area contributed by atoms with Crippen molar-refractivity contribution in [2.45, 2.75) is 33.2 Å². The fourth-order valence-corrected chi connectivity index (χ4v) is 3.51. The van der Waals surface area contributed by atoms with E-state index in [0.717, 1.165) is 16.7 Å². The summed E-state index contributed by atoms with van der Waals surface area (Å²) in [5.41, 5.74) is 9.13. The van der Waals surface area contributed by atoms with E-state index < -0.39 is 15.9 Å². The van der Waals surface area contributed by atoms with Gasteiger partial charge in [-0.05, 0) is 31.4 Å². The molecule has 2 N–H and O–H groups in total. The van der Waals surface area contributed by atoms with Crippen molar-refractivity contribution in [1.29, 1.82) is 0 Å². The van der Waals surface area contributed by atoms with E-state index in [0.29, 0.717) is 6.42 Å². The van der Waals surface area contributed by atoms with Gasteiger partial charge in [-0.3, -0.25) is 0 Å². The van der Waals surface area contributed by atoms with E-state index in [1.54, 1.807) is 0 Å². The molecule has 0 radical (unpaired) electrons. The lowest BCUT2D eigenvalue weighted by Gasteiger charge is -2.15. The molecule has 0 fully saturated rings. The Morgan fingerprint density at radius 1 is 1.29 bits per heavy atom. The van der Waals surface area contributed by atoms with Crippen LogP contribution in [0, 0.1) is 13.8 Å². The number of aryl methyl sites for hydroxylation is 2. The van der Waals surface area contributed by atoms with Crippen LogP contribution in [0.25, 0.3) is 0 Å². The fraction of sp³-hybridized carbons (Fsp3) is 0.538. The Morgan fingerprint density at radius 2 is 1.94 bits per heavy atom. The largest absolute Gasteiger partial charge is 0.323 e. The van der Waals surface area contributed by atoms with Crippen LogP contribution in [0.2, 0.25) is 0 Å². The van der Waals surface area contributed by atoms with Gasteiger partial charge in [-0.15, -0.1) is 0 Å². The molecule has 0 spiro atoms. The smallest absolute Gasteiger partial charge is 0.152 e. The van der Waals surface area contributed by atoms with Crippen molar-refractivity contribution in [1.82, 2.24) is 0 Å². The highest BCUT2D eigenvalue weighted by Crippen LogP contribution is 2.19. The summed E-state index contributed by atoms with van der Waals surface area (Å²) in [7, 11) is -3.03. The standard InChI is InChI=1S/C13H21NO2S/c1-4-7-17(15,16)9-13(14)12-6-5-10(2)8-11(12)3/h5-6,8,13H,4,7,9,14H2,1-3H3. The molecule has 1 unspecified atom stereocenters. The van der Waals surface area contributed by atoms with Crippen LogP contribution >= 0.6 is 0 Å². The van der Waals surface area contributed by atoms with Crippen molar-refractivity contribution in [2.75, 3.05) is 11.5 Å². The lowest BCUT2D eigenvalue weighted by atomic mass is 10.0. The first-order chi connectivity index (χ1) is 7.85. The first-order valence-corrected chi connectivity index (χ1v) is 7.71. The average Bonchev–Trinajstić information content (AvgIpc) is 2.15. The molecule has 0 aromatic heterocycles. The molecule has 0 bridgehead atoms. The summed E-state index contributed by atoms with van der Waals surface area (Å²) >= 11 is 0. The molecule has 4 heteroatoms. The third-order valence-corrected chi connectivity index (χ3v) is 4.67. The topological polar surface area (TPSA) is 60.2 Å². The molecule has 3 nitrogen and oxygen atoms in total. The Labute approximate surface area is 104 Å². The molecule has 1 aromatic carbocycles. The summed E-state index contributed by atoms with van der Waals surface area (Å²) in [6.07, 6.45) is 0.641. The second-order valence-electron chi connectivity index (χ2n) is 4.58. The van der Waals surface area contributed by atoms with Gasteiger partial charge in [-0.1, -0.05) is 30.7 Å². The SMILES string of the molecule is CCCS(=O)(=O)CC(N)c1ccc(C)cc1C. The van der Waals surface area contributed by atoms with E-state index in [2.05, 4.69) is 0 Å². The van der Waals surface area contributed by atoms with Gasteiger partial charge in [0, 0.05) is 11.8 Å². The molecular weight excluding hydrogens is 234 g/mol. The fourth-order valence-electron chi connectivity index (χ4n) is 2.00. The van der Waals surface area contributed by atoms with Gasteiger partial charge in [0.25, 0.3) is 0 Å². The molecule has 96 valence electrons. The normalized spacial score (nSPS) is 13.6. The van der Waals surface area contributed by atoms with E-state index in [1.165, 1.54) is 0 Å². The van der Waals surface area contributed by atoms with Crippen molar-refractivity contribution >= 4 is 9.84 Å². The number of nitrogens with two attached hydrogens (primary N) is 1. The molecule has 0 saturated carbocycles. The zero-order valence-corrected chi connectivity index (χ0v) is 11.5. The van der Waals surface area contributed by atoms with Gasteiger partial charge < -0.3 is 5.73 Å². The van der Waals surface area contributed by atoms with Crippen LogP contribution in [-0.2, 0) is 9.84 Å². The lowest BCUT2D eigenvalue weighted by Crippen LogP contribution is -2.24. The van der Waals surface area contributed by atoms with Gasteiger partial charge in [0.1, 0.15) is 0 Å². The average molecular weight is 255 g/mol. The van der Waals surface area contributed by atoms with Crippen molar-refractivity contribution in [2.24, 2.45) is 5.73 Å². The summed E-state index contributed by atoms with van der Waals surface area (Å²) in [6.45, 7) is 5.84. The van der Waals surface area contributed by atoms with E-state index in [1.807, 2.05) is 39.0 Å². The Kier molecular flexibility index (Phi) is 4.71. The van der Waals surface area contributed by atoms with Gasteiger partial charge in [-0.25, -0.2) is 8.42 Å². The monoisotopic (exact) mass is 255 g/mol. The molecule has 0 aliphatic rings. The predicted octanol–water partition coefficient (Wildman–Crippen LogP) is 2.13. The predicted molar refractivity (Wildman–Crippen MR) is 71.8 cm³/mol. The first-order valence-electron chi connectivity index (χ1n) is 5.89. The van der Waals surface area contributed by atoms with E-state index in [9.17, 15) is 8.42 Å². The summed E-state index contributed by atoms with van der Waals surface area (Å²) < 4.78 is 23.4. The van der Waals surface area contributed by atoms with Gasteiger partial charge in [-0.2, -0.15) is 0 Å². The minimum Gasteiger partial charge on any atom is -0.323 e. The summed E-state index contributed by atoms with van der Waals surface area (Å²) in [5, 5.41) is 0. The molecule has 1 rings (SSSR count). The van der Waals surface area contributed by atoms with E-state index >= 15 is 0 Å². The third-order valence-electron chi connectivity index (χ3n) is 2.77. The molecule has 1 atom stereocenters. The number of hydrogen-bond donors (Lipinski definition) is 1. The molecule has 0 heterocycles. The minimum atomic E-state index is -3.03. The summed E-state index contributed by atoms with van der Waals surface area (Å²) in [5.74, 6) is 0.246. The number of rotatable bonds is 5. The van der Waals surface area contributed by atoms with Crippen LogP contribution in [0.3, 0.4) is 0 Å². The van der Waals surface area contributed by atoms with Gasteiger partial charge >= 0.3 is 0 Å². The first kappa shape index (κ1) is 14.2. The van der Waals surface area contributed by atoms with Crippen LogP contribution in [-0.4, -0.2) is 19.9 Å². The summed E-state index contributed by atoms with van der Waals surface area (Å²) in [4.78, 5) is 0. The third kappa shape index (κ3) is 4.13. The van der Waals surface area contributed by atoms with Crippen molar-refractivity contribution in [3.05, 3.63) is 34.9 Å². The van der Waals surface area contributed by atoms with Crippen molar-refractivity contribution in [3.8, 4) is 0 Å². The molecule has 0 saturated heterocycles. The number of benzene rings is 1. The second-order valence-corrected chi connectivity index (χ2v) is 6.81. The maximum Gasteiger partial charge on any atom is 0.152 e. The van der Waals surface area contributed by atoms with Crippen LogP contribution in [0.15, 0.2) is 18.2 Å². The molecular formula is C13H21NO2S. The van der Waals surface area contributed by atoms with Crippen LogP contribution < -0.4 is 5.73 Å². The highest BCUT2D eigenvalue weighted by atomic mass is 32.2. The minimum absolute atomic E-state index is 0.0325. The van der Waals surface area contributed by atoms with Crippen LogP contribution in [0.4, 0.5) is 0 Å². The molecule has 0 aliphatic heterocycles. The Morgan fingerprint density at radius 3 is 2.47 bits per heavy atom. The maximum absolute atomic E-state index is 11.7. The molecule has 1 aromatic rings. The quantitative estimate of drug-likeness (QED) is 0.876. The van der Waals surface area contributed by atoms with Gasteiger partial charge in [0.2, 0.25) is 0 Å². The lowest BCUT2D eigenvalue weighted by molar-refractivity contribution is 0.587. The Bertz CT molecular complexity index is 480. The Hall–Kier alpha value is -0.870. The Balaban J connectivity index is 2.87. The number of hydrogen-bond acceptors (Lipinski definition) is 3. The van der Waals surface area contributed by atoms with Crippen LogP contribution in [0.5, 0.6) is 0 Å². The molecule has 17 heavy (non-hydrogen) atoms. The molecule has 0 aliphatic carbocycles. The van der Waals surface area contributed by atoms with Crippen molar-refractivity contribution < 1.29 is 8.42 Å². The highest BCUT2D eigenvalue weighted by Gasteiger charge is 2.18. The van der Waals surface area contributed by atoms with Gasteiger partial charge in [0.05, 0.1) is 5.75 Å². The maximum atomic E-state index is 11.7. The van der Waals surface area contributed by atoms with E-state index in [4.69, 9.17) is 5.73 Å². The van der Waals surface area contributed by atoms with Crippen molar-refractivity contribution in [3.63, 3.8) is 0 Å². The van der Waals surface area contributed by atoms with Crippen LogP contribution in [0.1, 0.15) is 36.1 Å². The zero-order valence-electron chi connectivity index (χ0n) is 10.7. The number of sulfone groups is 1.